The summed E-state index contributed by atoms with van der Waals surface area (Å²) in [6, 6.07) is 1.84. The van der Waals surface area contributed by atoms with Crippen molar-refractivity contribution in [3.05, 3.63) is 33.4 Å². The predicted octanol–water partition coefficient (Wildman–Crippen LogP) is 4.02. The highest BCUT2D eigenvalue weighted by molar-refractivity contribution is 9.10. The molecule has 2 rings (SSSR count). The summed E-state index contributed by atoms with van der Waals surface area (Å²) in [5, 5.41) is 0.433. The summed E-state index contributed by atoms with van der Waals surface area (Å²) < 4.78 is 5.99. The van der Waals surface area contributed by atoms with Gasteiger partial charge in [-0.2, -0.15) is 0 Å². The van der Waals surface area contributed by atoms with Crippen molar-refractivity contribution in [1.29, 1.82) is 0 Å². The van der Waals surface area contributed by atoms with Gasteiger partial charge >= 0.3 is 0 Å². The highest BCUT2D eigenvalue weighted by atomic mass is 79.9. The zero-order valence-electron chi connectivity index (χ0n) is 8.92. The van der Waals surface area contributed by atoms with Gasteiger partial charge in [-0.1, -0.05) is 18.5 Å². The normalized spacial score (nSPS) is 10.8. The third-order valence-corrected chi connectivity index (χ3v) is 3.65. The molecular formula is C11H10BrClN2O. The summed E-state index contributed by atoms with van der Waals surface area (Å²) in [4.78, 5) is 8.68. The van der Waals surface area contributed by atoms with Gasteiger partial charge in [-0.05, 0) is 35.3 Å². The Bertz CT molecular complexity index is 525. The summed E-state index contributed by atoms with van der Waals surface area (Å²) in [5.41, 5.74) is 1.78. The summed E-state index contributed by atoms with van der Waals surface area (Å²) in [6.45, 7) is 3.90. The van der Waals surface area contributed by atoms with Crippen molar-refractivity contribution in [3.8, 4) is 11.4 Å². The van der Waals surface area contributed by atoms with Crippen LogP contribution in [-0.2, 0) is 6.42 Å². The molecule has 0 unspecified atom stereocenters. The van der Waals surface area contributed by atoms with Gasteiger partial charge in [-0.3, -0.25) is 0 Å². The standard InChI is InChI=1S/C11H10BrClN2O/c1-3-8-9(12)10(13)15-11(14-8)7-4-5-16-6(7)2/h4-5H,3H2,1-2H3. The average Bonchev–Trinajstić information content (AvgIpc) is 2.68. The quantitative estimate of drug-likeness (QED) is 0.786. The third kappa shape index (κ3) is 1.99. The molecule has 16 heavy (non-hydrogen) atoms. The van der Waals surface area contributed by atoms with E-state index in [4.69, 9.17) is 16.0 Å². The maximum Gasteiger partial charge on any atom is 0.164 e. The summed E-state index contributed by atoms with van der Waals surface area (Å²) in [5.74, 6) is 1.40. The van der Waals surface area contributed by atoms with E-state index in [1.165, 1.54) is 0 Å². The van der Waals surface area contributed by atoms with Gasteiger partial charge in [0.25, 0.3) is 0 Å². The van der Waals surface area contributed by atoms with Crippen LogP contribution in [0.15, 0.2) is 21.2 Å². The molecule has 2 aromatic rings. The van der Waals surface area contributed by atoms with Gasteiger partial charge in [0.1, 0.15) is 10.9 Å². The first-order valence-corrected chi connectivity index (χ1v) is 6.07. The number of nitrogens with zero attached hydrogens (tertiary/aromatic N) is 2. The molecule has 0 radical (unpaired) electrons. The molecule has 0 bridgehead atoms. The monoisotopic (exact) mass is 300 g/mol. The van der Waals surface area contributed by atoms with Crippen LogP contribution in [0, 0.1) is 6.92 Å². The molecule has 0 amide bonds. The minimum Gasteiger partial charge on any atom is -0.469 e. The van der Waals surface area contributed by atoms with Gasteiger partial charge in [0.15, 0.2) is 5.82 Å². The second-order valence-corrected chi connectivity index (χ2v) is 4.49. The molecule has 5 heteroatoms. The van der Waals surface area contributed by atoms with Crippen LogP contribution in [0.5, 0.6) is 0 Å². The second-order valence-electron chi connectivity index (χ2n) is 3.34. The van der Waals surface area contributed by atoms with E-state index in [2.05, 4.69) is 25.9 Å². The molecule has 0 atom stereocenters. The summed E-state index contributed by atoms with van der Waals surface area (Å²) in [6.07, 6.45) is 2.42. The van der Waals surface area contributed by atoms with Gasteiger partial charge < -0.3 is 4.42 Å². The molecule has 0 aromatic carbocycles. The molecular weight excluding hydrogens is 291 g/mol. The van der Waals surface area contributed by atoms with Crippen molar-refractivity contribution in [3.63, 3.8) is 0 Å². The van der Waals surface area contributed by atoms with Crippen molar-refractivity contribution >= 4 is 27.5 Å². The van der Waals surface area contributed by atoms with E-state index in [-0.39, 0.29) is 0 Å². The first kappa shape index (κ1) is 11.6. The molecule has 0 aliphatic rings. The number of aryl methyl sites for hydroxylation is 2. The van der Waals surface area contributed by atoms with Gasteiger partial charge in [0, 0.05) is 0 Å². The third-order valence-electron chi connectivity index (χ3n) is 2.31. The molecule has 0 aliphatic carbocycles. The Hall–Kier alpha value is -0.870. The smallest absolute Gasteiger partial charge is 0.164 e. The highest BCUT2D eigenvalue weighted by Gasteiger charge is 2.13. The molecule has 3 nitrogen and oxygen atoms in total. The Balaban J connectivity index is 2.59. The predicted molar refractivity (Wildman–Crippen MR) is 66.6 cm³/mol. The molecule has 0 aliphatic heterocycles. The van der Waals surface area contributed by atoms with Crippen molar-refractivity contribution in [1.82, 2.24) is 9.97 Å². The Morgan fingerprint density at radius 3 is 2.75 bits per heavy atom. The van der Waals surface area contributed by atoms with Crippen molar-refractivity contribution in [2.45, 2.75) is 20.3 Å². The second kappa shape index (κ2) is 4.55. The number of rotatable bonds is 2. The fourth-order valence-electron chi connectivity index (χ4n) is 1.43. The minimum absolute atomic E-state index is 0.433. The van der Waals surface area contributed by atoms with Gasteiger partial charge in [-0.25, -0.2) is 9.97 Å². The molecule has 0 N–H and O–H groups in total. The molecule has 2 aromatic heterocycles. The molecule has 0 spiro atoms. The van der Waals surface area contributed by atoms with E-state index >= 15 is 0 Å². The summed E-state index contributed by atoms with van der Waals surface area (Å²) >= 11 is 9.41. The fraction of sp³-hybridized carbons (Fsp3) is 0.273. The topological polar surface area (TPSA) is 38.9 Å². The van der Waals surface area contributed by atoms with E-state index in [1.807, 2.05) is 19.9 Å². The first-order valence-electron chi connectivity index (χ1n) is 4.89. The van der Waals surface area contributed by atoms with E-state index in [0.717, 1.165) is 27.9 Å². The Morgan fingerprint density at radius 1 is 1.44 bits per heavy atom. The molecule has 0 saturated carbocycles. The Kier molecular flexibility index (Phi) is 3.30. The van der Waals surface area contributed by atoms with Crippen molar-refractivity contribution < 1.29 is 4.42 Å². The number of halogens is 2. The molecule has 84 valence electrons. The van der Waals surface area contributed by atoms with E-state index in [0.29, 0.717) is 11.0 Å². The van der Waals surface area contributed by atoms with Gasteiger partial charge in [0.05, 0.1) is 22.0 Å². The van der Waals surface area contributed by atoms with Crippen LogP contribution >= 0.6 is 27.5 Å². The van der Waals surface area contributed by atoms with Gasteiger partial charge in [-0.15, -0.1) is 0 Å². The van der Waals surface area contributed by atoms with Crippen LogP contribution in [0.1, 0.15) is 18.4 Å². The lowest BCUT2D eigenvalue weighted by molar-refractivity contribution is 0.535. The lowest BCUT2D eigenvalue weighted by atomic mass is 10.2. The van der Waals surface area contributed by atoms with Crippen LogP contribution in [-0.4, -0.2) is 9.97 Å². The summed E-state index contributed by atoms with van der Waals surface area (Å²) in [7, 11) is 0. The van der Waals surface area contributed by atoms with Gasteiger partial charge in [0.2, 0.25) is 0 Å². The number of furan rings is 1. The fourth-order valence-corrected chi connectivity index (χ4v) is 2.08. The van der Waals surface area contributed by atoms with E-state index in [9.17, 15) is 0 Å². The highest BCUT2D eigenvalue weighted by Crippen LogP contribution is 2.28. The number of hydrogen-bond donors (Lipinski definition) is 0. The van der Waals surface area contributed by atoms with Crippen LogP contribution in [0.4, 0.5) is 0 Å². The molecule has 0 fully saturated rings. The van der Waals surface area contributed by atoms with Crippen LogP contribution in [0.3, 0.4) is 0 Å². The SMILES string of the molecule is CCc1nc(-c2ccoc2C)nc(Cl)c1Br. The molecule has 2 heterocycles. The maximum absolute atomic E-state index is 6.04. The largest absolute Gasteiger partial charge is 0.469 e. The Labute approximate surface area is 107 Å². The molecule has 0 saturated heterocycles. The van der Waals surface area contributed by atoms with Crippen molar-refractivity contribution in [2.24, 2.45) is 0 Å². The average molecular weight is 302 g/mol. The maximum atomic E-state index is 6.04. The Morgan fingerprint density at radius 2 is 2.19 bits per heavy atom. The lowest BCUT2D eigenvalue weighted by Gasteiger charge is -2.05. The zero-order chi connectivity index (χ0) is 11.7. The lowest BCUT2D eigenvalue weighted by Crippen LogP contribution is -1.97. The van der Waals surface area contributed by atoms with Crippen molar-refractivity contribution in [2.75, 3.05) is 0 Å². The van der Waals surface area contributed by atoms with Crippen LogP contribution < -0.4 is 0 Å². The zero-order valence-corrected chi connectivity index (χ0v) is 11.3. The number of aromatic nitrogens is 2. The number of hydrogen-bond acceptors (Lipinski definition) is 3. The minimum atomic E-state index is 0.433. The van der Waals surface area contributed by atoms with E-state index in [1.54, 1.807) is 6.26 Å². The first-order chi connectivity index (χ1) is 7.63. The van der Waals surface area contributed by atoms with E-state index < -0.39 is 0 Å². The van der Waals surface area contributed by atoms with Crippen LogP contribution in [0.25, 0.3) is 11.4 Å². The van der Waals surface area contributed by atoms with Crippen LogP contribution in [0.2, 0.25) is 5.15 Å².